The number of rotatable bonds is 5. The van der Waals surface area contributed by atoms with E-state index in [9.17, 15) is 10.2 Å². The maximum Gasteiger partial charge on any atom is 0.110 e. The van der Waals surface area contributed by atoms with Crippen molar-refractivity contribution in [1.82, 2.24) is 5.32 Å². The quantitative estimate of drug-likeness (QED) is 0.371. The number of hydrogen-bond acceptors (Lipinski definition) is 4. The highest BCUT2D eigenvalue weighted by molar-refractivity contribution is 5.83. The smallest absolute Gasteiger partial charge is 0.110 e. The molecule has 0 heterocycles. The molecule has 0 spiro atoms. The van der Waals surface area contributed by atoms with Gasteiger partial charge in [-0.1, -0.05) is 31.9 Å². The fourth-order valence-corrected chi connectivity index (χ4v) is 6.58. The van der Waals surface area contributed by atoms with Gasteiger partial charge in [0, 0.05) is 26.1 Å². The van der Waals surface area contributed by atoms with Crippen LogP contribution in [0.3, 0.4) is 0 Å². The van der Waals surface area contributed by atoms with Crippen LogP contribution in [0.4, 0.5) is 0 Å². The van der Waals surface area contributed by atoms with Crippen LogP contribution in [0.2, 0.25) is 0 Å². The highest BCUT2D eigenvalue weighted by Crippen LogP contribution is 2.59. The second kappa shape index (κ2) is 8.78. The van der Waals surface area contributed by atoms with E-state index in [-0.39, 0.29) is 29.5 Å². The molecular weight excluding hydrogens is 362 g/mol. The fourth-order valence-electron chi connectivity index (χ4n) is 6.58. The summed E-state index contributed by atoms with van der Waals surface area (Å²) in [4.78, 5) is 4.27. The lowest BCUT2D eigenvalue weighted by Gasteiger charge is -2.52. The van der Waals surface area contributed by atoms with Gasteiger partial charge in [0.05, 0.1) is 18.6 Å². The zero-order chi connectivity index (χ0) is 21.2. The summed E-state index contributed by atoms with van der Waals surface area (Å²) in [5.41, 5.74) is 3.59. The monoisotopic (exact) mass is 401 g/mol. The Bertz CT molecular complexity index is 705. The molecule has 0 amide bonds. The van der Waals surface area contributed by atoms with Gasteiger partial charge in [0.2, 0.25) is 0 Å². The van der Waals surface area contributed by atoms with Crippen molar-refractivity contribution in [2.45, 2.75) is 78.2 Å². The molecule has 3 aliphatic rings. The van der Waals surface area contributed by atoms with Crippen molar-refractivity contribution in [3.05, 3.63) is 11.1 Å². The van der Waals surface area contributed by atoms with E-state index in [1.807, 2.05) is 0 Å². The summed E-state index contributed by atoms with van der Waals surface area (Å²) in [7, 11) is 1.74. The largest absolute Gasteiger partial charge is 0.396 e. The highest BCUT2D eigenvalue weighted by atomic mass is 16.3. The summed E-state index contributed by atoms with van der Waals surface area (Å²) in [5.74, 6) is 1.80. The first kappa shape index (κ1) is 22.3. The molecule has 1 saturated carbocycles. The lowest BCUT2D eigenvalue weighted by Crippen LogP contribution is -2.49. The fraction of sp³-hybridized carbons (Fsp3) is 0.833. The predicted octanol–water partition coefficient (Wildman–Crippen LogP) is 3.82. The van der Waals surface area contributed by atoms with E-state index in [1.165, 1.54) is 6.42 Å². The number of hydrogen-bond donors (Lipinski definition) is 3. The molecule has 162 valence electrons. The molecule has 3 N–H and O–H groups in total. The third-order valence-corrected chi connectivity index (χ3v) is 8.48. The van der Waals surface area contributed by atoms with E-state index >= 15 is 0 Å². The Kier molecular flexibility index (Phi) is 6.75. The number of aliphatic hydroxyl groups excluding tert-OH is 2. The molecule has 0 bridgehead atoms. The molecule has 29 heavy (non-hydrogen) atoms. The Morgan fingerprint density at radius 2 is 2.00 bits per heavy atom. The molecular formula is C24H39N3O2. The van der Waals surface area contributed by atoms with Crippen LogP contribution in [0.25, 0.3) is 0 Å². The molecule has 5 atom stereocenters. The van der Waals surface area contributed by atoms with Crippen molar-refractivity contribution < 1.29 is 10.2 Å². The Hall–Kier alpha value is -1.38. The van der Waals surface area contributed by atoms with Crippen molar-refractivity contribution in [3.63, 3.8) is 0 Å². The summed E-state index contributed by atoms with van der Waals surface area (Å²) in [6.07, 6.45) is 7.22. The number of nitriles is 1. The molecule has 3 rings (SSSR count). The third-order valence-electron chi connectivity index (χ3n) is 8.48. The first-order chi connectivity index (χ1) is 13.8. The van der Waals surface area contributed by atoms with E-state index in [2.05, 4.69) is 37.1 Å². The van der Waals surface area contributed by atoms with Gasteiger partial charge in [-0.05, 0) is 67.6 Å². The second-order valence-electron chi connectivity index (χ2n) is 10.3. The SMILES string of the molecule is CN=C(CC#N)NCC1C2=C(CCC1C1(C)CCC(O)CC1CO)C(C)(C)CC2. The summed E-state index contributed by atoms with van der Waals surface area (Å²) in [5, 5.41) is 32.9. The van der Waals surface area contributed by atoms with Gasteiger partial charge in [-0.3, -0.25) is 4.99 Å². The Morgan fingerprint density at radius 1 is 1.24 bits per heavy atom. The first-order valence-corrected chi connectivity index (χ1v) is 11.3. The average molecular weight is 402 g/mol. The van der Waals surface area contributed by atoms with Crippen molar-refractivity contribution in [1.29, 1.82) is 5.26 Å². The van der Waals surface area contributed by atoms with E-state index in [0.717, 1.165) is 44.5 Å². The maximum atomic E-state index is 10.2. The summed E-state index contributed by atoms with van der Waals surface area (Å²) in [6.45, 7) is 8.07. The zero-order valence-electron chi connectivity index (χ0n) is 18.7. The van der Waals surface area contributed by atoms with Gasteiger partial charge in [-0.25, -0.2) is 0 Å². The minimum absolute atomic E-state index is 0.0321. The van der Waals surface area contributed by atoms with Gasteiger partial charge in [-0.2, -0.15) is 5.26 Å². The minimum Gasteiger partial charge on any atom is -0.396 e. The lowest BCUT2D eigenvalue weighted by molar-refractivity contribution is -0.0579. The van der Waals surface area contributed by atoms with Crippen LogP contribution < -0.4 is 5.32 Å². The topological polar surface area (TPSA) is 88.6 Å². The Morgan fingerprint density at radius 3 is 2.66 bits per heavy atom. The molecule has 0 aromatic carbocycles. The molecule has 5 unspecified atom stereocenters. The number of nitrogens with one attached hydrogen (secondary N) is 1. The molecule has 0 aliphatic heterocycles. The third kappa shape index (κ3) is 4.25. The van der Waals surface area contributed by atoms with E-state index in [1.54, 1.807) is 18.2 Å². The number of aliphatic hydroxyl groups is 2. The summed E-state index contributed by atoms with van der Waals surface area (Å²) in [6, 6.07) is 2.20. The number of nitrogens with zero attached hydrogens (tertiary/aromatic N) is 2. The number of amidine groups is 1. The molecule has 0 aromatic heterocycles. The molecule has 0 saturated heterocycles. The van der Waals surface area contributed by atoms with Crippen LogP contribution in [0.15, 0.2) is 16.1 Å². The van der Waals surface area contributed by atoms with Crippen molar-refractivity contribution in [3.8, 4) is 6.07 Å². The maximum absolute atomic E-state index is 10.2. The van der Waals surface area contributed by atoms with E-state index in [0.29, 0.717) is 24.7 Å². The molecule has 3 aliphatic carbocycles. The average Bonchev–Trinajstić information content (AvgIpc) is 3.01. The van der Waals surface area contributed by atoms with Gasteiger partial charge < -0.3 is 15.5 Å². The van der Waals surface area contributed by atoms with E-state index < -0.39 is 0 Å². The molecule has 5 nitrogen and oxygen atoms in total. The standard InChI is InChI=1S/C24H39N3O2/c1-23(2)10-8-18-19(14-27-22(26-4)9-12-25)21(6-5-20(18)23)24(3)11-7-17(29)13-16(24)15-28/h16-17,19,21,28-29H,5-11,13-15H2,1-4H3,(H,26,27). The predicted molar refractivity (Wildman–Crippen MR) is 116 cm³/mol. The summed E-state index contributed by atoms with van der Waals surface area (Å²) < 4.78 is 0. The normalized spacial score (nSPS) is 37.2. The van der Waals surface area contributed by atoms with Gasteiger partial charge in [-0.15, -0.1) is 0 Å². The van der Waals surface area contributed by atoms with Gasteiger partial charge in [0.25, 0.3) is 0 Å². The Labute approximate surface area is 176 Å². The molecule has 0 aromatic rings. The van der Waals surface area contributed by atoms with Gasteiger partial charge in [0.1, 0.15) is 5.84 Å². The van der Waals surface area contributed by atoms with Gasteiger partial charge in [0.15, 0.2) is 0 Å². The molecule has 5 heteroatoms. The van der Waals surface area contributed by atoms with Crippen molar-refractivity contribution in [2.24, 2.45) is 33.6 Å². The van der Waals surface area contributed by atoms with Crippen LogP contribution in [-0.4, -0.2) is 42.4 Å². The van der Waals surface area contributed by atoms with Crippen molar-refractivity contribution >= 4 is 5.84 Å². The zero-order valence-corrected chi connectivity index (χ0v) is 18.7. The first-order valence-electron chi connectivity index (χ1n) is 11.3. The van der Waals surface area contributed by atoms with Crippen LogP contribution in [0.5, 0.6) is 0 Å². The lowest BCUT2D eigenvalue weighted by atomic mass is 9.53. The number of allylic oxidation sites excluding steroid dienone is 1. The van der Waals surface area contributed by atoms with Crippen LogP contribution in [0.1, 0.15) is 72.1 Å². The van der Waals surface area contributed by atoms with Gasteiger partial charge >= 0.3 is 0 Å². The molecule has 0 radical (unpaired) electrons. The van der Waals surface area contributed by atoms with Crippen LogP contribution >= 0.6 is 0 Å². The second-order valence-corrected chi connectivity index (χ2v) is 10.3. The Balaban J connectivity index is 1.92. The van der Waals surface area contributed by atoms with E-state index in [4.69, 9.17) is 5.26 Å². The minimum atomic E-state index is -0.282. The van der Waals surface area contributed by atoms with Crippen LogP contribution in [-0.2, 0) is 0 Å². The number of aliphatic imine (C=N–C) groups is 1. The highest BCUT2D eigenvalue weighted by Gasteiger charge is 2.51. The van der Waals surface area contributed by atoms with Crippen molar-refractivity contribution in [2.75, 3.05) is 20.2 Å². The molecule has 1 fully saturated rings. The summed E-state index contributed by atoms with van der Waals surface area (Å²) >= 11 is 0. The van der Waals surface area contributed by atoms with Crippen LogP contribution in [0, 0.1) is 39.9 Å².